The molecule has 0 aromatic carbocycles. The van der Waals surface area contributed by atoms with Crippen LogP contribution >= 0.6 is 11.3 Å². The summed E-state index contributed by atoms with van der Waals surface area (Å²) in [5.41, 5.74) is 0.947. The number of rotatable bonds is 4. The maximum absolute atomic E-state index is 12.0. The summed E-state index contributed by atoms with van der Waals surface area (Å²) in [5, 5.41) is 11.3. The van der Waals surface area contributed by atoms with E-state index in [0.29, 0.717) is 5.95 Å². The second-order valence-corrected chi connectivity index (χ2v) is 5.85. The summed E-state index contributed by atoms with van der Waals surface area (Å²) in [5.74, 6) is 0.608. The number of thiophene rings is 1. The van der Waals surface area contributed by atoms with Gasteiger partial charge in [0, 0.05) is 25.8 Å². The van der Waals surface area contributed by atoms with Gasteiger partial charge in [-0.2, -0.15) is 0 Å². The molecule has 1 aliphatic heterocycles. The maximum atomic E-state index is 12.0. The summed E-state index contributed by atoms with van der Waals surface area (Å²) in [6.45, 7) is 0.751. The van der Waals surface area contributed by atoms with Crippen LogP contribution < -0.4 is 16.0 Å². The van der Waals surface area contributed by atoms with Gasteiger partial charge >= 0.3 is 0 Å². The lowest BCUT2D eigenvalue weighted by molar-refractivity contribution is 0.0943. The fraction of sp³-hybridized carbons (Fsp3) is 0.357. The minimum Gasteiger partial charge on any atom is -0.357 e. The second kappa shape index (κ2) is 6.19. The van der Waals surface area contributed by atoms with Crippen molar-refractivity contribution >= 4 is 23.2 Å². The van der Waals surface area contributed by atoms with E-state index in [9.17, 15) is 4.79 Å². The molecule has 2 aromatic heterocycles. The molecule has 3 N–H and O–H groups in total. The predicted octanol–water partition coefficient (Wildman–Crippen LogP) is 1.41. The summed E-state index contributed by atoms with van der Waals surface area (Å²) in [6, 6.07) is 5.90. The monoisotopic (exact) mass is 303 g/mol. The normalized spacial score (nSPS) is 21.2. The molecule has 2 aromatic rings. The van der Waals surface area contributed by atoms with Crippen LogP contribution in [0.5, 0.6) is 0 Å². The lowest BCUT2D eigenvalue weighted by Crippen LogP contribution is -2.35. The molecule has 0 bridgehead atoms. The van der Waals surface area contributed by atoms with Crippen LogP contribution in [0.3, 0.4) is 0 Å². The van der Waals surface area contributed by atoms with E-state index in [1.807, 2.05) is 23.6 Å². The van der Waals surface area contributed by atoms with Crippen LogP contribution in [0, 0.1) is 0 Å². The summed E-state index contributed by atoms with van der Waals surface area (Å²) in [7, 11) is 1.80. The van der Waals surface area contributed by atoms with E-state index >= 15 is 0 Å². The Labute approximate surface area is 127 Å². The Kier molecular flexibility index (Phi) is 4.12. The quantitative estimate of drug-likeness (QED) is 0.796. The maximum Gasteiger partial charge on any atom is 0.261 e. The van der Waals surface area contributed by atoms with E-state index in [4.69, 9.17) is 0 Å². The Morgan fingerprint density at radius 3 is 3.14 bits per heavy atom. The third-order valence-corrected chi connectivity index (χ3v) is 4.34. The van der Waals surface area contributed by atoms with Crippen molar-refractivity contribution in [2.45, 2.75) is 18.5 Å². The first-order chi connectivity index (χ1) is 10.3. The van der Waals surface area contributed by atoms with Gasteiger partial charge in [-0.05, 0) is 23.9 Å². The van der Waals surface area contributed by atoms with Crippen molar-refractivity contribution in [1.82, 2.24) is 20.6 Å². The zero-order valence-electron chi connectivity index (χ0n) is 11.7. The molecule has 3 heterocycles. The van der Waals surface area contributed by atoms with Crippen molar-refractivity contribution < 1.29 is 4.79 Å². The number of hydrogen-bond acceptors (Lipinski definition) is 6. The first-order valence-corrected chi connectivity index (χ1v) is 7.72. The molecule has 0 aliphatic carbocycles. The molecule has 1 fully saturated rings. The van der Waals surface area contributed by atoms with Crippen LogP contribution in [0.25, 0.3) is 0 Å². The molecule has 1 saturated heterocycles. The average Bonchev–Trinajstić information content (AvgIpc) is 3.18. The van der Waals surface area contributed by atoms with Gasteiger partial charge in [-0.15, -0.1) is 11.3 Å². The fourth-order valence-corrected chi connectivity index (χ4v) is 3.05. The highest BCUT2D eigenvalue weighted by Gasteiger charge is 2.27. The number of nitrogens with zero attached hydrogens (tertiary/aromatic N) is 2. The van der Waals surface area contributed by atoms with Gasteiger partial charge in [0.05, 0.1) is 16.6 Å². The fourth-order valence-electron chi connectivity index (χ4n) is 2.42. The molecule has 1 amide bonds. The van der Waals surface area contributed by atoms with Gasteiger partial charge in [0.2, 0.25) is 5.95 Å². The third-order valence-electron chi connectivity index (χ3n) is 3.47. The summed E-state index contributed by atoms with van der Waals surface area (Å²) >= 11 is 1.46. The molecule has 0 saturated carbocycles. The topological polar surface area (TPSA) is 78.9 Å². The average molecular weight is 303 g/mol. The number of nitrogens with one attached hydrogen (secondary N) is 3. The van der Waals surface area contributed by atoms with Crippen molar-refractivity contribution in [3.05, 3.63) is 40.3 Å². The summed E-state index contributed by atoms with van der Waals surface area (Å²) in [6.07, 6.45) is 2.57. The van der Waals surface area contributed by atoms with Crippen LogP contribution in [0.15, 0.2) is 29.8 Å². The number of carbonyl (C=O) groups is 1. The molecule has 2 unspecified atom stereocenters. The van der Waals surface area contributed by atoms with Crippen molar-refractivity contribution in [1.29, 1.82) is 0 Å². The first-order valence-electron chi connectivity index (χ1n) is 6.84. The van der Waals surface area contributed by atoms with Gasteiger partial charge in [0.25, 0.3) is 5.91 Å². The predicted molar refractivity (Wildman–Crippen MR) is 82.5 cm³/mol. The molecule has 110 valence electrons. The molecule has 21 heavy (non-hydrogen) atoms. The highest BCUT2D eigenvalue weighted by atomic mass is 32.1. The Morgan fingerprint density at radius 1 is 1.48 bits per heavy atom. The Bertz CT molecular complexity index is 616. The van der Waals surface area contributed by atoms with Crippen molar-refractivity contribution in [3.8, 4) is 0 Å². The standard InChI is InChI=1S/C14H17N5OS/c1-15-14-16-5-4-10(19-14)11-7-9(8-17-11)18-13(20)12-3-2-6-21-12/h2-6,9,11,17H,7-8H2,1H3,(H,18,20)(H,15,16,19). The molecular weight excluding hydrogens is 286 g/mol. The van der Waals surface area contributed by atoms with Crippen LogP contribution in [0.2, 0.25) is 0 Å². The second-order valence-electron chi connectivity index (χ2n) is 4.90. The van der Waals surface area contributed by atoms with Gasteiger partial charge in [-0.3, -0.25) is 4.79 Å². The van der Waals surface area contributed by atoms with Gasteiger partial charge < -0.3 is 16.0 Å². The van der Waals surface area contributed by atoms with Crippen LogP contribution in [-0.4, -0.2) is 35.5 Å². The molecule has 3 rings (SSSR count). The highest BCUT2D eigenvalue weighted by Crippen LogP contribution is 2.22. The zero-order valence-corrected chi connectivity index (χ0v) is 12.5. The number of anilines is 1. The Hall–Kier alpha value is -1.99. The first kappa shape index (κ1) is 14.0. The molecule has 1 aliphatic rings. The smallest absolute Gasteiger partial charge is 0.261 e. The Balaban J connectivity index is 1.61. The lowest BCUT2D eigenvalue weighted by atomic mass is 10.1. The van der Waals surface area contributed by atoms with Crippen molar-refractivity contribution in [3.63, 3.8) is 0 Å². The van der Waals surface area contributed by atoms with Crippen LogP contribution in [-0.2, 0) is 0 Å². The highest BCUT2D eigenvalue weighted by molar-refractivity contribution is 7.12. The summed E-state index contributed by atoms with van der Waals surface area (Å²) < 4.78 is 0. The van der Waals surface area contributed by atoms with Gasteiger partial charge in [0.15, 0.2) is 0 Å². The van der Waals surface area contributed by atoms with E-state index in [1.54, 1.807) is 13.2 Å². The SMILES string of the molecule is CNc1nccc(C2CC(NC(=O)c3cccs3)CN2)n1. The number of amides is 1. The summed E-state index contributed by atoms with van der Waals surface area (Å²) in [4.78, 5) is 21.3. The molecule has 7 heteroatoms. The van der Waals surface area contributed by atoms with E-state index in [2.05, 4.69) is 25.9 Å². The number of aromatic nitrogens is 2. The van der Waals surface area contributed by atoms with E-state index < -0.39 is 0 Å². The third kappa shape index (κ3) is 3.20. The Morgan fingerprint density at radius 2 is 2.38 bits per heavy atom. The van der Waals surface area contributed by atoms with Crippen LogP contribution in [0.1, 0.15) is 27.8 Å². The molecule has 0 radical (unpaired) electrons. The van der Waals surface area contributed by atoms with Crippen molar-refractivity contribution in [2.24, 2.45) is 0 Å². The van der Waals surface area contributed by atoms with Crippen molar-refractivity contribution in [2.75, 3.05) is 18.9 Å². The largest absolute Gasteiger partial charge is 0.357 e. The van der Waals surface area contributed by atoms with Crippen LogP contribution in [0.4, 0.5) is 5.95 Å². The zero-order chi connectivity index (χ0) is 14.7. The minimum atomic E-state index is -0.00366. The molecular formula is C14H17N5OS. The van der Waals surface area contributed by atoms with E-state index in [1.165, 1.54) is 11.3 Å². The van der Waals surface area contributed by atoms with Gasteiger partial charge in [-0.25, -0.2) is 9.97 Å². The number of carbonyl (C=O) groups excluding carboxylic acids is 1. The molecule has 0 spiro atoms. The lowest BCUT2D eigenvalue weighted by Gasteiger charge is -2.12. The van der Waals surface area contributed by atoms with E-state index in [-0.39, 0.29) is 18.0 Å². The number of hydrogen-bond donors (Lipinski definition) is 3. The van der Waals surface area contributed by atoms with Gasteiger partial charge in [-0.1, -0.05) is 6.07 Å². The van der Waals surface area contributed by atoms with E-state index in [0.717, 1.165) is 23.5 Å². The van der Waals surface area contributed by atoms with Gasteiger partial charge in [0.1, 0.15) is 0 Å². The molecule has 2 atom stereocenters. The molecule has 6 nitrogen and oxygen atoms in total. The minimum absolute atomic E-state index is 0.00366.